The molecular formula is C20H20N8O2. The molecule has 0 radical (unpaired) electrons. The molecule has 4 heterocycles. The lowest BCUT2D eigenvalue weighted by atomic mass is 10.3. The number of nitrogens with one attached hydrogen (secondary N) is 1. The predicted molar refractivity (Wildman–Crippen MR) is 109 cm³/mol. The second-order valence-electron chi connectivity index (χ2n) is 6.67. The highest BCUT2D eigenvalue weighted by Crippen LogP contribution is 2.17. The van der Waals surface area contributed by atoms with Crippen LogP contribution in [0.4, 0.5) is 11.5 Å². The van der Waals surface area contributed by atoms with Crippen molar-refractivity contribution in [1.29, 1.82) is 0 Å². The van der Waals surface area contributed by atoms with Crippen molar-refractivity contribution >= 4 is 23.3 Å². The van der Waals surface area contributed by atoms with Gasteiger partial charge in [0.2, 0.25) is 0 Å². The Hall–Kier alpha value is -3.95. The summed E-state index contributed by atoms with van der Waals surface area (Å²) in [4.78, 5) is 49.1. The summed E-state index contributed by atoms with van der Waals surface area (Å²) in [6.45, 7) is 2.66. The monoisotopic (exact) mass is 404 g/mol. The Bertz CT molecular complexity index is 998. The molecule has 0 unspecified atom stereocenters. The zero-order chi connectivity index (χ0) is 20.8. The van der Waals surface area contributed by atoms with Gasteiger partial charge in [0.15, 0.2) is 0 Å². The van der Waals surface area contributed by atoms with Crippen LogP contribution in [-0.4, -0.2) is 67.8 Å². The van der Waals surface area contributed by atoms with E-state index in [1.54, 1.807) is 23.4 Å². The van der Waals surface area contributed by atoms with E-state index in [0.29, 0.717) is 31.0 Å². The summed E-state index contributed by atoms with van der Waals surface area (Å²) in [5.74, 6) is 0.340. The first-order chi connectivity index (χ1) is 14.7. The van der Waals surface area contributed by atoms with Crippen LogP contribution >= 0.6 is 0 Å². The molecule has 4 rings (SSSR count). The SMILES string of the molecule is O=C(Nc1ccc(N2CCCN(C(=O)c3cnccn3)CC2)nc1)c1cnccn1. The van der Waals surface area contributed by atoms with Gasteiger partial charge < -0.3 is 15.1 Å². The van der Waals surface area contributed by atoms with Crippen LogP contribution in [0.1, 0.15) is 27.4 Å². The van der Waals surface area contributed by atoms with Crippen LogP contribution in [0, 0.1) is 0 Å². The van der Waals surface area contributed by atoms with Gasteiger partial charge in [-0.3, -0.25) is 19.6 Å². The Morgan fingerprint density at radius 1 is 0.800 bits per heavy atom. The average Bonchev–Trinajstić information content (AvgIpc) is 3.07. The third kappa shape index (κ3) is 4.54. The molecule has 0 bridgehead atoms. The fourth-order valence-electron chi connectivity index (χ4n) is 3.18. The Balaban J connectivity index is 1.36. The van der Waals surface area contributed by atoms with E-state index in [1.807, 2.05) is 6.07 Å². The molecule has 10 nitrogen and oxygen atoms in total. The third-order valence-corrected chi connectivity index (χ3v) is 4.69. The van der Waals surface area contributed by atoms with E-state index in [4.69, 9.17) is 0 Å². The van der Waals surface area contributed by atoms with Crippen molar-refractivity contribution in [1.82, 2.24) is 29.8 Å². The number of amides is 2. The van der Waals surface area contributed by atoms with Gasteiger partial charge in [-0.15, -0.1) is 0 Å². The number of carbonyl (C=O) groups excluding carboxylic acids is 2. The molecule has 1 saturated heterocycles. The molecule has 0 saturated carbocycles. The largest absolute Gasteiger partial charge is 0.355 e. The summed E-state index contributed by atoms with van der Waals surface area (Å²) in [7, 11) is 0. The smallest absolute Gasteiger partial charge is 0.275 e. The maximum absolute atomic E-state index is 12.6. The van der Waals surface area contributed by atoms with Gasteiger partial charge in [-0.1, -0.05) is 0 Å². The van der Waals surface area contributed by atoms with Crippen molar-refractivity contribution in [2.24, 2.45) is 0 Å². The molecule has 10 heteroatoms. The van der Waals surface area contributed by atoms with Crippen molar-refractivity contribution in [2.45, 2.75) is 6.42 Å². The maximum atomic E-state index is 12.6. The summed E-state index contributed by atoms with van der Waals surface area (Å²) in [5.41, 5.74) is 1.16. The zero-order valence-corrected chi connectivity index (χ0v) is 16.2. The molecule has 1 aliphatic rings. The van der Waals surface area contributed by atoms with E-state index in [-0.39, 0.29) is 17.5 Å². The van der Waals surface area contributed by atoms with Gasteiger partial charge in [-0.25, -0.2) is 15.0 Å². The normalized spacial score (nSPS) is 14.1. The Labute approximate surface area is 173 Å². The molecule has 3 aromatic rings. The predicted octanol–water partition coefficient (Wildman–Crippen LogP) is 1.27. The van der Waals surface area contributed by atoms with Gasteiger partial charge in [0.05, 0.1) is 24.3 Å². The summed E-state index contributed by atoms with van der Waals surface area (Å²) in [6.07, 6.45) is 11.4. The fraction of sp³-hybridized carbons (Fsp3) is 0.250. The van der Waals surface area contributed by atoms with Crippen molar-refractivity contribution in [3.63, 3.8) is 0 Å². The minimum Gasteiger partial charge on any atom is -0.355 e. The summed E-state index contributed by atoms with van der Waals surface area (Å²) >= 11 is 0. The number of aromatic nitrogens is 5. The van der Waals surface area contributed by atoms with Crippen LogP contribution < -0.4 is 10.2 Å². The number of rotatable bonds is 4. The van der Waals surface area contributed by atoms with Gasteiger partial charge in [-0.05, 0) is 18.6 Å². The average molecular weight is 404 g/mol. The summed E-state index contributed by atoms with van der Waals surface area (Å²) in [6, 6.07) is 3.65. The molecule has 1 N–H and O–H groups in total. The lowest BCUT2D eigenvalue weighted by molar-refractivity contribution is 0.0760. The molecule has 30 heavy (non-hydrogen) atoms. The van der Waals surface area contributed by atoms with Crippen LogP contribution in [-0.2, 0) is 0 Å². The molecular weight excluding hydrogens is 384 g/mol. The molecule has 0 spiro atoms. The number of pyridine rings is 1. The quantitative estimate of drug-likeness (QED) is 0.691. The number of nitrogens with zero attached hydrogens (tertiary/aromatic N) is 7. The lowest BCUT2D eigenvalue weighted by Gasteiger charge is -2.22. The van der Waals surface area contributed by atoms with E-state index < -0.39 is 0 Å². The van der Waals surface area contributed by atoms with Crippen molar-refractivity contribution in [2.75, 3.05) is 36.4 Å². The molecule has 0 aliphatic carbocycles. The van der Waals surface area contributed by atoms with Crippen molar-refractivity contribution in [3.8, 4) is 0 Å². The van der Waals surface area contributed by atoms with Gasteiger partial charge in [0.25, 0.3) is 11.8 Å². The Morgan fingerprint density at radius 3 is 2.23 bits per heavy atom. The van der Waals surface area contributed by atoms with E-state index in [9.17, 15) is 9.59 Å². The van der Waals surface area contributed by atoms with Crippen LogP contribution in [0.5, 0.6) is 0 Å². The molecule has 3 aromatic heterocycles. The summed E-state index contributed by atoms with van der Waals surface area (Å²) < 4.78 is 0. The van der Waals surface area contributed by atoms with Crippen LogP contribution in [0.25, 0.3) is 0 Å². The van der Waals surface area contributed by atoms with E-state index >= 15 is 0 Å². The fourth-order valence-corrected chi connectivity index (χ4v) is 3.18. The van der Waals surface area contributed by atoms with Crippen molar-refractivity contribution in [3.05, 3.63) is 66.9 Å². The van der Waals surface area contributed by atoms with Gasteiger partial charge in [0.1, 0.15) is 17.2 Å². The summed E-state index contributed by atoms with van der Waals surface area (Å²) in [5, 5.41) is 2.75. The number of anilines is 2. The van der Waals surface area contributed by atoms with Gasteiger partial charge in [-0.2, -0.15) is 0 Å². The lowest BCUT2D eigenvalue weighted by Crippen LogP contribution is -2.35. The Kier molecular flexibility index (Phi) is 5.83. The van der Waals surface area contributed by atoms with Crippen LogP contribution in [0.15, 0.2) is 55.5 Å². The highest BCUT2D eigenvalue weighted by atomic mass is 16.2. The maximum Gasteiger partial charge on any atom is 0.275 e. The second-order valence-corrected chi connectivity index (χ2v) is 6.67. The molecule has 1 aliphatic heterocycles. The molecule has 152 valence electrons. The molecule has 0 aromatic carbocycles. The van der Waals surface area contributed by atoms with Crippen LogP contribution in [0.2, 0.25) is 0 Å². The number of carbonyl (C=O) groups is 2. The highest BCUT2D eigenvalue weighted by molar-refractivity contribution is 6.02. The molecule has 0 atom stereocenters. The molecule has 1 fully saturated rings. The van der Waals surface area contributed by atoms with Crippen LogP contribution in [0.3, 0.4) is 0 Å². The van der Waals surface area contributed by atoms with E-state index in [2.05, 4.69) is 35.1 Å². The molecule has 2 amide bonds. The second kappa shape index (κ2) is 9.03. The zero-order valence-electron chi connectivity index (χ0n) is 16.2. The third-order valence-electron chi connectivity index (χ3n) is 4.69. The Morgan fingerprint density at radius 2 is 1.57 bits per heavy atom. The van der Waals surface area contributed by atoms with E-state index in [1.165, 1.54) is 31.0 Å². The first-order valence-corrected chi connectivity index (χ1v) is 9.54. The topological polar surface area (TPSA) is 117 Å². The number of hydrogen-bond donors (Lipinski definition) is 1. The van der Waals surface area contributed by atoms with Gasteiger partial charge in [0, 0.05) is 51.0 Å². The van der Waals surface area contributed by atoms with E-state index in [0.717, 1.165) is 18.8 Å². The first-order valence-electron chi connectivity index (χ1n) is 9.54. The standard InChI is InChI=1S/C20H20N8O2/c29-19(16-13-21-4-6-23-16)26-15-2-3-18(25-12-15)27-8-1-9-28(11-10-27)20(30)17-14-22-5-7-24-17/h2-7,12-14H,1,8-11H2,(H,26,29). The first kappa shape index (κ1) is 19.4. The minimum atomic E-state index is -0.342. The highest BCUT2D eigenvalue weighted by Gasteiger charge is 2.22. The van der Waals surface area contributed by atoms with Crippen molar-refractivity contribution < 1.29 is 9.59 Å². The minimum absolute atomic E-state index is 0.111. The number of hydrogen-bond acceptors (Lipinski definition) is 8. The van der Waals surface area contributed by atoms with Gasteiger partial charge >= 0.3 is 0 Å².